The number of hydrogen-bond donors (Lipinski definition) is 1. The Hall–Kier alpha value is -0.200. The lowest BCUT2D eigenvalue weighted by atomic mass is 9.96. The summed E-state index contributed by atoms with van der Waals surface area (Å²) in [6.45, 7) is 6.04. The van der Waals surface area contributed by atoms with Gasteiger partial charge in [0.1, 0.15) is 12.2 Å². The molecule has 3 fully saturated rings. The highest BCUT2D eigenvalue weighted by Crippen LogP contribution is 2.56. The fourth-order valence-corrected chi connectivity index (χ4v) is 2.75. The SMILES string of the molecule is CC1(C)O[C@H]2[C@](C)(O[C@H](CO)[C@@]23CO3)O1. The maximum absolute atomic E-state index is 9.23. The van der Waals surface area contributed by atoms with Gasteiger partial charge in [0.2, 0.25) is 0 Å². The Bertz CT molecular complexity index is 298. The third kappa shape index (κ3) is 1.15. The topological polar surface area (TPSA) is 60.5 Å². The summed E-state index contributed by atoms with van der Waals surface area (Å²) < 4.78 is 22.7. The largest absolute Gasteiger partial charge is 0.394 e. The molecule has 0 bridgehead atoms. The third-order valence-electron chi connectivity index (χ3n) is 3.33. The molecule has 5 nitrogen and oxygen atoms in total. The summed E-state index contributed by atoms with van der Waals surface area (Å²) in [6, 6.07) is 0. The van der Waals surface area contributed by atoms with Crippen LogP contribution in [0.1, 0.15) is 20.8 Å². The number of ether oxygens (including phenoxy) is 4. The lowest BCUT2D eigenvalue weighted by Crippen LogP contribution is -2.41. The maximum Gasteiger partial charge on any atom is 0.198 e. The van der Waals surface area contributed by atoms with Gasteiger partial charge in [0.25, 0.3) is 0 Å². The molecule has 0 aromatic rings. The lowest BCUT2D eigenvalue weighted by molar-refractivity contribution is -0.257. The zero-order valence-electron chi connectivity index (χ0n) is 9.15. The molecule has 3 aliphatic heterocycles. The molecule has 3 rings (SSSR count). The molecule has 0 saturated carbocycles. The first kappa shape index (κ1) is 9.99. The molecule has 3 aliphatic rings. The second kappa shape index (κ2) is 2.55. The molecule has 0 aromatic heterocycles. The van der Waals surface area contributed by atoms with Gasteiger partial charge >= 0.3 is 0 Å². The standard InChI is InChI=1S/C10H16O5/c1-8(2)14-7-9(3,15-8)13-6(4-11)10(7)5-12-10/h6-7,11H,4-5H2,1-3H3/t6-,7+,9-,10+/m1/s1. The van der Waals surface area contributed by atoms with Crippen LogP contribution in [-0.2, 0) is 18.9 Å². The maximum atomic E-state index is 9.23. The van der Waals surface area contributed by atoms with Crippen LogP contribution in [0.5, 0.6) is 0 Å². The van der Waals surface area contributed by atoms with E-state index >= 15 is 0 Å². The number of hydrogen-bond acceptors (Lipinski definition) is 5. The zero-order chi connectivity index (χ0) is 10.9. The van der Waals surface area contributed by atoms with Crippen molar-refractivity contribution < 1.29 is 24.1 Å². The Labute approximate surface area is 88.3 Å². The van der Waals surface area contributed by atoms with Gasteiger partial charge in [-0.3, -0.25) is 0 Å². The average Bonchev–Trinajstić information content (AvgIpc) is 2.81. The molecule has 0 aliphatic carbocycles. The van der Waals surface area contributed by atoms with Crippen LogP contribution in [0.4, 0.5) is 0 Å². The average molecular weight is 216 g/mol. The molecule has 0 amide bonds. The molecular formula is C10H16O5. The highest BCUT2D eigenvalue weighted by atomic mass is 16.9. The van der Waals surface area contributed by atoms with Crippen molar-refractivity contribution in [3.05, 3.63) is 0 Å². The smallest absolute Gasteiger partial charge is 0.198 e. The molecule has 1 spiro atoms. The van der Waals surface area contributed by atoms with Gasteiger partial charge in [-0.15, -0.1) is 0 Å². The van der Waals surface area contributed by atoms with Gasteiger partial charge in [0.15, 0.2) is 17.2 Å². The second-order valence-corrected chi connectivity index (χ2v) is 5.05. The van der Waals surface area contributed by atoms with E-state index < -0.39 is 17.2 Å². The second-order valence-electron chi connectivity index (χ2n) is 5.05. The summed E-state index contributed by atoms with van der Waals surface area (Å²) in [5.74, 6) is -1.45. The minimum Gasteiger partial charge on any atom is -0.394 e. The number of aliphatic hydroxyl groups excluding tert-OH is 1. The third-order valence-corrected chi connectivity index (χ3v) is 3.33. The highest BCUT2D eigenvalue weighted by molar-refractivity contribution is 5.17. The molecule has 1 N–H and O–H groups in total. The first-order valence-electron chi connectivity index (χ1n) is 5.22. The van der Waals surface area contributed by atoms with Crippen molar-refractivity contribution in [2.45, 2.75) is 50.2 Å². The van der Waals surface area contributed by atoms with Crippen molar-refractivity contribution in [1.29, 1.82) is 0 Å². The molecule has 5 heteroatoms. The number of rotatable bonds is 1. The Morgan fingerprint density at radius 1 is 1.27 bits per heavy atom. The van der Waals surface area contributed by atoms with E-state index in [1.807, 2.05) is 20.8 Å². The van der Waals surface area contributed by atoms with E-state index in [0.717, 1.165) is 0 Å². The van der Waals surface area contributed by atoms with E-state index in [0.29, 0.717) is 6.61 Å². The number of aliphatic hydroxyl groups is 1. The van der Waals surface area contributed by atoms with Crippen molar-refractivity contribution in [3.8, 4) is 0 Å². The molecule has 4 atom stereocenters. The monoisotopic (exact) mass is 216 g/mol. The van der Waals surface area contributed by atoms with Crippen molar-refractivity contribution in [3.63, 3.8) is 0 Å². The quantitative estimate of drug-likeness (QED) is 0.626. The molecule has 0 unspecified atom stereocenters. The van der Waals surface area contributed by atoms with Crippen molar-refractivity contribution in [1.82, 2.24) is 0 Å². The van der Waals surface area contributed by atoms with E-state index in [4.69, 9.17) is 18.9 Å². The summed E-state index contributed by atoms with van der Waals surface area (Å²) in [5, 5.41) is 9.23. The molecule has 15 heavy (non-hydrogen) atoms. The molecule has 3 heterocycles. The first-order chi connectivity index (χ1) is 6.92. The van der Waals surface area contributed by atoms with Crippen molar-refractivity contribution >= 4 is 0 Å². The van der Waals surface area contributed by atoms with Crippen LogP contribution in [0, 0.1) is 0 Å². The first-order valence-corrected chi connectivity index (χ1v) is 5.22. The molecule has 86 valence electrons. The van der Waals surface area contributed by atoms with Crippen LogP contribution in [-0.4, -0.2) is 47.7 Å². The minimum atomic E-state index is -0.798. The van der Waals surface area contributed by atoms with E-state index in [1.165, 1.54) is 0 Å². The van der Waals surface area contributed by atoms with Crippen LogP contribution in [0.2, 0.25) is 0 Å². The summed E-state index contributed by atoms with van der Waals surface area (Å²) in [5.41, 5.74) is -0.489. The summed E-state index contributed by atoms with van der Waals surface area (Å²) in [6.07, 6.45) is -0.597. The molecule has 3 saturated heterocycles. The van der Waals surface area contributed by atoms with Crippen molar-refractivity contribution in [2.24, 2.45) is 0 Å². The predicted molar refractivity (Wildman–Crippen MR) is 49.1 cm³/mol. The van der Waals surface area contributed by atoms with Gasteiger partial charge < -0.3 is 24.1 Å². The molecule has 0 radical (unpaired) electrons. The van der Waals surface area contributed by atoms with Crippen LogP contribution in [0.25, 0.3) is 0 Å². The predicted octanol–water partition coefficient (Wildman–Crippen LogP) is 0.0142. The van der Waals surface area contributed by atoms with Gasteiger partial charge in [-0.25, -0.2) is 0 Å². The van der Waals surface area contributed by atoms with E-state index in [9.17, 15) is 5.11 Å². The zero-order valence-corrected chi connectivity index (χ0v) is 9.15. The summed E-state index contributed by atoms with van der Waals surface area (Å²) >= 11 is 0. The van der Waals surface area contributed by atoms with E-state index in [2.05, 4.69) is 0 Å². The van der Waals surface area contributed by atoms with Crippen LogP contribution >= 0.6 is 0 Å². The van der Waals surface area contributed by atoms with Crippen LogP contribution < -0.4 is 0 Å². The Morgan fingerprint density at radius 3 is 2.47 bits per heavy atom. The van der Waals surface area contributed by atoms with Crippen LogP contribution in [0.3, 0.4) is 0 Å². The van der Waals surface area contributed by atoms with Gasteiger partial charge in [0, 0.05) is 0 Å². The number of fused-ring (bicyclic) bond motifs is 2. The van der Waals surface area contributed by atoms with Gasteiger partial charge in [0.05, 0.1) is 13.2 Å². The Balaban J connectivity index is 1.93. The molecular weight excluding hydrogens is 200 g/mol. The fourth-order valence-electron chi connectivity index (χ4n) is 2.75. The Morgan fingerprint density at radius 2 is 1.93 bits per heavy atom. The van der Waals surface area contributed by atoms with E-state index in [1.54, 1.807) is 0 Å². The van der Waals surface area contributed by atoms with Crippen LogP contribution in [0.15, 0.2) is 0 Å². The summed E-state index contributed by atoms with van der Waals surface area (Å²) in [7, 11) is 0. The van der Waals surface area contributed by atoms with E-state index in [-0.39, 0.29) is 18.8 Å². The Kier molecular flexibility index (Phi) is 1.70. The fraction of sp³-hybridized carbons (Fsp3) is 1.00. The normalized spacial score (nSPS) is 56.0. The number of epoxide rings is 1. The lowest BCUT2D eigenvalue weighted by Gasteiger charge is -2.24. The van der Waals surface area contributed by atoms with Gasteiger partial charge in [-0.2, -0.15) is 0 Å². The molecule has 0 aromatic carbocycles. The van der Waals surface area contributed by atoms with Gasteiger partial charge in [-0.05, 0) is 20.8 Å². The van der Waals surface area contributed by atoms with Gasteiger partial charge in [-0.1, -0.05) is 0 Å². The summed E-state index contributed by atoms with van der Waals surface area (Å²) in [4.78, 5) is 0. The van der Waals surface area contributed by atoms with Crippen molar-refractivity contribution in [2.75, 3.05) is 13.2 Å². The minimum absolute atomic E-state index is 0.0702. The highest BCUT2D eigenvalue weighted by Gasteiger charge is 2.75.